The van der Waals surface area contributed by atoms with Crippen molar-refractivity contribution in [3.05, 3.63) is 60.2 Å². The summed E-state index contributed by atoms with van der Waals surface area (Å²) in [6.07, 6.45) is 2.58. The van der Waals surface area contributed by atoms with Gasteiger partial charge in [-0.3, -0.25) is 9.59 Å². The topological polar surface area (TPSA) is 66.4 Å². The van der Waals surface area contributed by atoms with Crippen LogP contribution in [-0.4, -0.2) is 23.0 Å². The molecule has 27 heavy (non-hydrogen) atoms. The van der Waals surface area contributed by atoms with Crippen LogP contribution in [0.2, 0.25) is 0 Å². The van der Waals surface area contributed by atoms with Crippen molar-refractivity contribution in [2.45, 2.75) is 52.0 Å². The Morgan fingerprint density at radius 3 is 2.19 bits per heavy atom. The van der Waals surface area contributed by atoms with Gasteiger partial charge in [-0.25, -0.2) is 0 Å². The van der Waals surface area contributed by atoms with E-state index in [2.05, 4.69) is 55.6 Å². The molecule has 4 nitrogen and oxygen atoms in total. The molecule has 1 unspecified atom stereocenters. The Balaban J connectivity index is 2.02. The van der Waals surface area contributed by atoms with E-state index in [1.807, 2.05) is 18.2 Å². The molecule has 0 heterocycles. The van der Waals surface area contributed by atoms with E-state index >= 15 is 0 Å². The third-order valence-corrected chi connectivity index (χ3v) is 4.86. The van der Waals surface area contributed by atoms with Gasteiger partial charge in [0, 0.05) is 12.5 Å². The summed E-state index contributed by atoms with van der Waals surface area (Å²) in [5.74, 6) is -0.634. The van der Waals surface area contributed by atoms with Gasteiger partial charge in [0.1, 0.15) is 0 Å². The van der Waals surface area contributed by atoms with E-state index in [-0.39, 0.29) is 24.8 Å². The van der Waals surface area contributed by atoms with Crippen LogP contribution in [0, 0.1) is 5.92 Å². The van der Waals surface area contributed by atoms with Gasteiger partial charge in [-0.15, -0.1) is 0 Å². The number of carbonyl (C=O) groups excluding carboxylic acids is 1. The molecule has 2 rings (SSSR count). The molecule has 0 aromatic heterocycles. The molecule has 2 aromatic carbocycles. The highest BCUT2D eigenvalue weighted by Gasteiger charge is 2.16. The monoisotopic (exact) mass is 367 g/mol. The third-order valence-electron chi connectivity index (χ3n) is 4.86. The maximum absolute atomic E-state index is 12.1. The summed E-state index contributed by atoms with van der Waals surface area (Å²) in [7, 11) is 0. The summed E-state index contributed by atoms with van der Waals surface area (Å²) < 4.78 is 0. The number of carbonyl (C=O) groups is 2. The van der Waals surface area contributed by atoms with Gasteiger partial charge < -0.3 is 10.4 Å². The lowest BCUT2D eigenvalue weighted by Gasteiger charge is -2.22. The number of aliphatic carboxylic acids is 1. The molecule has 0 aliphatic carbocycles. The van der Waals surface area contributed by atoms with Crippen molar-refractivity contribution in [3.63, 3.8) is 0 Å². The molecule has 0 aliphatic heterocycles. The highest BCUT2D eigenvalue weighted by atomic mass is 16.4. The largest absolute Gasteiger partial charge is 0.481 e. The van der Waals surface area contributed by atoms with Crippen molar-refractivity contribution >= 4 is 11.9 Å². The highest BCUT2D eigenvalue weighted by Crippen LogP contribution is 2.21. The first-order valence-corrected chi connectivity index (χ1v) is 9.63. The maximum atomic E-state index is 12.1. The van der Waals surface area contributed by atoms with Gasteiger partial charge in [0.25, 0.3) is 0 Å². The van der Waals surface area contributed by atoms with Gasteiger partial charge in [0.05, 0.1) is 6.42 Å². The summed E-state index contributed by atoms with van der Waals surface area (Å²) in [5.41, 5.74) is 3.52. The minimum absolute atomic E-state index is 0.0174. The van der Waals surface area contributed by atoms with E-state index in [4.69, 9.17) is 5.11 Å². The maximum Gasteiger partial charge on any atom is 0.303 e. The SMILES string of the molecule is CC[C@H](C)CC(Cc1ccc(-c2ccccc2)cc1)NC(=O)CCC(=O)O. The molecule has 1 amide bonds. The zero-order valence-electron chi connectivity index (χ0n) is 16.2. The quantitative estimate of drug-likeness (QED) is 0.641. The molecule has 2 atom stereocenters. The number of carboxylic acid groups (broad SMARTS) is 1. The molecular formula is C23H29NO3. The first-order valence-electron chi connectivity index (χ1n) is 9.63. The summed E-state index contributed by atoms with van der Waals surface area (Å²) in [6, 6.07) is 18.7. The zero-order chi connectivity index (χ0) is 19.6. The highest BCUT2D eigenvalue weighted by molar-refractivity contribution is 5.80. The van der Waals surface area contributed by atoms with E-state index in [9.17, 15) is 9.59 Å². The molecule has 144 valence electrons. The summed E-state index contributed by atoms with van der Waals surface area (Å²) >= 11 is 0. The average molecular weight is 367 g/mol. The van der Waals surface area contributed by atoms with Gasteiger partial charge in [-0.2, -0.15) is 0 Å². The standard InChI is InChI=1S/C23H29NO3/c1-3-17(2)15-21(24-22(25)13-14-23(26)27)16-18-9-11-20(12-10-18)19-7-5-4-6-8-19/h4-12,17,21H,3,13-16H2,1-2H3,(H,24,25)(H,26,27)/t17-,21?/m0/s1. The van der Waals surface area contributed by atoms with Gasteiger partial charge in [0.2, 0.25) is 5.91 Å². The third kappa shape index (κ3) is 7.26. The second kappa shape index (κ2) is 10.5. The average Bonchev–Trinajstić information content (AvgIpc) is 2.67. The molecule has 0 aliphatic rings. The predicted octanol–water partition coefficient (Wildman–Crippen LogP) is 4.68. The fourth-order valence-electron chi connectivity index (χ4n) is 3.11. The van der Waals surface area contributed by atoms with Crippen molar-refractivity contribution < 1.29 is 14.7 Å². The van der Waals surface area contributed by atoms with Crippen molar-refractivity contribution in [1.82, 2.24) is 5.32 Å². The van der Waals surface area contributed by atoms with E-state index in [0.717, 1.165) is 19.3 Å². The Labute approximate surface area is 161 Å². The fraction of sp³-hybridized carbons (Fsp3) is 0.391. The van der Waals surface area contributed by atoms with Crippen LogP contribution in [0.3, 0.4) is 0 Å². The Hall–Kier alpha value is -2.62. The summed E-state index contributed by atoms with van der Waals surface area (Å²) in [6.45, 7) is 4.32. The molecule has 0 fully saturated rings. The predicted molar refractivity (Wildman–Crippen MR) is 108 cm³/mol. The van der Waals surface area contributed by atoms with Gasteiger partial charge in [-0.1, -0.05) is 74.9 Å². The molecule has 0 saturated carbocycles. The van der Waals surface area contributed by atoms with Crippen LogP contribution in [0.25, 0.3) is 11.1 Å². The van der Waals surface area contributed by atoms with E-state index in [1.165, 1.54) is 16.7 Å². The second-order valence-corrected chi connectivity index (χ2v) is 7.17. The van der Waals surface area contributed by atoms with Crippen LogP contribution in [0.4, 0.5) is 0 Å². The molecule has 0 spiro atoms. The zero-order valence-corrected chi connectivity index (χ0v) is 16.2. The van der Waals surface area contributed by atoms with Crippen LogP contribution in [0.1, 0.15) is 45.1 Å². The molecule has 2 N–H and O–H groups in total. The van der Waals surface area contributed by atoms with Crippen LogP contribution in [0.15, 0.2) is 54.6 Å². The summed E-state index contributed by atoms with van der Waals surface area (Å²) in [4.78, 5) is 22.8. The van der Waals surface area contributed by atoms with Crippen molar-refractivity contribution in [3.8, 4) is 11.1 Å². The molecule has 0 bridgehead atoms. The number of nitrogens with one attached hydrogen (secondary N) is 1. The Kier molecular flexibility index (Phi) is 8.05. The number of hydrogen-bond donors (Lipinski definition) is 2. The number of hydrogen-bond acceptors (Lipinski definition) is 2. The fourth-order valence-corrected chi connectivity index (χ4v) is 3.11. The van der Waals surface area contributed by atoms with E-state index in [1.54, 1.807) is 0 Å². The van der Waals surface area contributed by atoms with Crippen LogP contribution < -0.4 is 5.32 Å². The van der Waals surface area contributed by atoms with Crippen molar-refractivity contribution in [1.29, 1.82) is 0 Å². The first-order chi connectivity index (χ1) is 13.0. The smallest absolute Gasteiger partial charge is 0.303 e. The van der Waals surface area contributed by atoms with Gasteiger partial charge >= 0.3 is 5.97 Å². The Morgan fingerprint density at radius 1 is 0.963 bits per heavy atom. The molecule has 0 radical (unpaired) electrons. The summed E-state index contributed by atoms with van der Waals surface area (Å²) in [5, 5.41) is 11.8. The minimum atomic E-state index is -0.944. The second-order valence-electron chi connectivity index (χ2n) is 7.17. The van der Waals surface area contributed by atoms with E-state index < -0.39 is 5.97 Å². The minimum Gasteiger partial charge on any atom is -0.481 e. The molecule has 0 saturated heterocycles. The van der Waals surface area contributed by atoms with Crippen LogP contribution in [-0.2, 0) is 16.0 Å². The first kappa shape index (κ1) is 20.7. The number of amides is 1. The number of carboxylic acids is 1. The lowest BCUT2D eigenvalue weighted by Crippen LogP contribution is -2.37. The van der Waals surface area contributed by atoms with Crippen molar-refractivity contribution in [2.24, 2.45) is 5.92 Å². The van der Waals surface area contributed by atoms with Gasteiger partial charge in [0.15, 0.2) is 0 Å². The van der Waals surface area contributed by atoms with Crippen LogP contribution in [0.5, 0.6) is 0 Å². The van der Waals surface area contributed by atoms with Gasteiger partial charge in [-0.05, 0) is 35.4 Å². The lowest BCUT2D eigenvalue weighted by molar-refractivity contribution is -0.138. The van der Waals surface area contributed by atoms with Crippen molar-refractivity contribution in [2.75, 3.05) is 0 Å². The molecular weight excluding hydrogens is 338 g/mol. The Bertz CT molecular complexity index is 725. The lowest BCUT2D eigenvalue weighted by atomic mass is 9.93. The number of benzene rings is 2. The van der Waals surface area contributed by atoms with Crippen LogP contribution >= 0.6 is 0 Å². The molecule has 2 aromatic rings. The normalized spacial score (nSPS) is 13.0. The van der Waals surface area contributed by atoms with E-state index in [0.29, 0.717) is 5.92 Å². The number of rotatable bonds is 10. The Morgan fingerprint density at radius 2 is 1.59 bits per heavy atom. The molecule has 4 heteroatoms.